The maximum Gasteiger partial charge on any atom is 0.270 e. The van der Waals surface area contributed by atoms with Crippen molar-refractivity contribution in [2.24, 2.45) is 0 Å². The Morgan fingerprint density at radius 2 is 1.76 bits per heavy atom. The number of nitrogens with zero attached hydrogens (tertiary/aromatic N) is 1. The molecule has 0 fully saturated rings. The number of anilines is 2. The van der Waals surface area contributed by atoms with Crippen LogP contribution in [0.15, 0.2) is 71.6 Å². The van der Waals surface area contributed by atoms with Gasteiger partial charge in [-0.05, 0) is 35.9 Å². The summed E-state index contributed by atoms with van der Waals surface area (Å²) in [7, 11) is -4.06. The monoisotopic (exact) mass is 435 g/mol. The Balaban J connectivity index is 1.84. The lowest BCUT2D eigenvalue weighted by molar-refractivity contribution is -0.385. The van der Waals surface area contributed by atoms with Gasteiger partial charge in [-0.1, -0.05) is 35.9 Å². The molecule has 0 unspecified atom stereocenters. The lowest BCUT2D eigenvalue weighted by Gasteiger charge is -2.14. The highest BCUT2D eigenvalue weighted by molar-refractivity contribution is 7.92. The van der Waals surface area contributed by atoms with Crippen LogP contribution >= 0.6 is 11.6 Å². The van der Waals surface area contributed by atoms with E-state index < -0.39 is 20.8 Å². The van der Waals surface area contributed by atoms with Gasteiger partial charge in [0.2, 0.25) is 0 Å². The van der Waals surface area contributed by atoms with E-state index in [0.717, 1.165) is 6.07 Å². The number of non-ortho nitro benzene ring substituents is 1. The lowest BCUT2D eigenvalue weighted by Crippen LogP contribution is -2.15. The molecule has 0 aliphatic heterocycles. The SMILES string of the molecule is O=[N+]([O-])c1cccc(S(=O)(=O)Nc2ccccc2CNc2cc(F)ccc2Cl)c1. The molecule has 3 aromatic carbocycles. The zero-order chi connectivity index (χ0) is 21.0. The third-order valence-corrected chi connectivity index (χ3v) is 5.69. The second-order valence-electron chi connectivity index (χ2n) is 5.99. The average Bonchev–Trinajstić information content (AvgIpc) is 2.69. The highest BCUT2D eigenvalue weighted by Gasteiger charge is 2.19. The van der Waals surface area contributed by atoms with Gasteiger partial charge in [0.15, 0.2) is 0 Å². The van der Waals surface area contributed by atoms with Crippen molar-refractivity contribution < 1.29 is 17.7 Å². The molecule has 7 nitrogen and oxygen atoms in total. The number of nitro groups is 1. The summed E-state index contributed by atoms with van der Waals surface area (Å²) in [6.45, 7) is 0.163. The Morgan fingerprint density at radius 3 is 2.52 bits per heavy atom. The van der Waals surface area contributed by atoms with Crippen molar-refractivity contribution in [3.05, 3.63) is 93.2 Å². The first-order valence-corrected chi connectivity index (χ1v) is 10.2. The van der Waals surface area contributed by atoms with Crippen molar-refractivity contribution in [3.63, 3.8) is 0 Å². The highest BCUT2D eigenvalue weighted by atomic mass is 35.5. The van der Waals surface area contributed by atoms with E-state index in [1.165, 1.54) is 36.4 Å². The van der Waals surface area contributed by atoms with Gasteiger partial charge in [0.05, 0.1) is 26.2 Å². The van der Waals surface area contributed by atoms with E-state index in [0.29, 0.717) is 16.3 Å². The zero-order valence-corrected chi connectivity index (χ0v) is 16.4. The van der Waals surface area contributed by atoms with Crippen molar-refractivity contribution in [2.75, 3.05) is 10.0 Å². The van der Waals surface area contributed by atoms with Crippen molar-refractivity contribution in [1.82, 2.24) is 0 Å². The Hall–Kier alpha value is -3.17. The molecule has 150 valence electrons. The number of rotatable bonds is 7. The topological polar surface area (TPSA) is 101 Å². The van der Waals surface area contributed by atoms with Gasteiger partial charge in [-0.2, -0.15) is 0 Å². The van der Waals surface area contributed by atoms with Crippen LogP contribution in [0.3, 0.4) is 0 Å². The van der Waals surface area contributed by atoms with Gasteiger partial charge in [0, 0.05) is 18.7 Å². The van der Waals surface area contributed by atoms with Gasteiger partial charge in [0.25, 0.3) is 15.7 Å². The number of hydrogen-bond acceptors (Lipinski definition) is 5. The maximum absolute atomic E-state index is 13.4. The fourth-order valence-corrected chi connectivity index (χ4v) is 3.89. The van der Waals surface area contributed by atoms with Crippen molar-refractivity contribution in [3.8, 4) is 0 Å². The minimum atomic E-state index is -4.06. The summed E-state index contributed by atoms with van der Waals surface area (Å²) in [6, 6.07) is 15.2. The third kappa shape index (κ3) is 5.01. The van der Waals surface area contributed by atoms with Crippen LogP contribution in [-0.2, 0) is 16.6 Å². The van der Waals surface area contributed by atoms with Gasteiger partial charge in [-0.3, -0.25) is 14.8 Å². The molecule has 3 aromatic rings. The Labute approximate surface area is 171 Å². The van der Waals surface area contributed by atoms with Crippen LogP contribution in [0.5, 0.6) is 0 Å². The molecule has 0 aliphatic rings. The van der Waals surface area contributed by atoms with Gasteiger partial charge in [0.1, 0.15) is 5.82 Å². The molecule has 29 heavy (non-hydrogen) atoms. The molecule has 0 amide bonds. The fraction of sp³-hybridized carbons (Fsp3) is 0.0526. The minimum absolute atomic E-state index is 0.163. The molecule has 0 saturated carbocycles. The molecular formula is C19H15ClFN3O4S. The van der Waals surface area contributed by atoms with Gasteiger partial charge in [-0.25, -0.2) is 12.8 Å². The van der Waals surface area contributed by atoms with Crippen LogP contribution in [0.2, 0.25) is 5.02 Å². The predicted molar refractivity (Wildman–Crippen MR) is 109 cm³/mol. The van der Waals surface area contributed by atoms with Crippen molar-refractivity contribution >= 4 is 38.7 Å². The predicted octanol–water partition coefficient (Wildman–Crippen LogP) is 4.80. The molecule has 0 bridgehead atoms. The molecule has 3 rings (SSSR count). The number of hydrogen-bond donors (Lipinski definition) is 2. The van der Waals surface area contributed by atoms with E-state index in [1.807, 2.05) is 0 Å². The smallest absolute Gasteiger partial charge is 0.270 e. The van der Waals surface area contributed by atoms with Crippen LogP contribution in [-0.4, -0.2) is 13.3 Å². The minimum Gasteiger partial charge on any atom is -0.380 e. The molecule has 0 spiro atoms. The summed E-state index contributed by atoms with van der Waals surface area (Å²) in [5.41, 5.74) is 0.882. The summed E-state index contributed by atoms with van der Waals surface area (Å²) in [5.74, 6) is -0.462. The molecule has 0 radical (unpaired) electrons. The van der Waals surface area contributed by atoms with Crippen LogP contribution in [0.25, 0.3) is 0 Å². The first kappa shape index (κ1) is 20.6. The fourth-order valence-electron chi connectivity index (χ4n) is 2.57. The first-order chi connectivity index (χ1) is 13.8. The summed E-state index contributed by atoms with van der Waals surface area (Å²) in [5, 5.41) is 14.2. The quantitative estimate of drug-likeness (QED) is 0.410. The number of halogens is 2. The molecule has 0 atom stereocenters. The number of benzene rings is 3. The van der Waals surface area contributed by atoms with E-state index in [9.17, 15) is 22.9 Å². The standard InChI is InChI=1S/C19H15ClFN3O4S/c20-17-9-8-14(21)10-19(17)22-12-13-4-1-2-7-18(13)23-29(27,28)16-6-3-5-15(11-16)24(25)26/h1-11,22-23H,12H2. The highest BCUT2D eigenvalue weighted by Crippen LogP contribution is 2.26. The number of nitro benzene ring substituents is 1. The van der Waals surface area contributed by atoms with Gasteiger partial charge < -0.3 is 5.32 Å². The second kappa shape index (κ2) is 8.46. The van der Waals surface area contributed by atoms with E-state index in [1.54, 1.807) is 24.3 Å². The van der Waals surface area contributed by atoms with Crippen LogP contribution in [0.1, 0.15) is 5.56 Å². The Morgan fingerprint density at radius 1 is 1.00 bits per heavy atom. The number of para-hydroxylation sites is 1. The molecule has 0 aliphatic carbocycles. The number of nitrogens with one attached hydrogen (secondary N) is 2. The van der Waals surface area contributed by atoms with E-state index in [4.69, 9.17) is 11.6 Å². The normalized spacial score (nSPS) is 11.1. The van der Waals surface area contributed by atoms with Crippen LogP contribution < -0.4 is 10.0 Å². The third-order valence-electron chi connectivity index (χ3n) is 4.00. The van der Waals surface area contributed by atoms with Gasteiger partial charge in [-0.15, -0.1) is 0 Å². The summed E-state index contributed by atoms with van der Waals surface area (Å²) < 4.78 is 41.2. The molecule has 0 heterocycles. The summed E-state index contributed by atoms with van der Waals surface area (Å²) >= 11 is 6.03. The first-order valence-electron chi connectivity index (χ1n) is 8.30. The molecular weight excluding hydrogens is 421 g/mol. The van der Waals surface area contributed by atoms with E-state index in [2.05, 4.69) is 10.0 Å². The van der Waals surface area contributed by atoms with Crippen molar-refractivity contribution in [1.29, 1.82) is 0 Å². The van der Waals surface area contributed by atoms with E-state index >= 15 is 0 Å². The molecule has 2 N–H and O–H groups in total. The number of sulfonamides is 1. The second-order valence-corrected chi connectivity index (χ2v) is 8.08. The Kier molecular flexibility index (Phi) is 6.00. The van der Waals surface area contributed by atoms with Gasteiger partial charge >= 0.3 is 0 Å². The van der Waals surface area contributed by atoms with Crippen LogP contribution in [0.4, 0.5) is 21.5 Å². The largest absolute Gasteiger partial charge is 0.380 e. The summed E-state index contributed by atoms with van der Waals surface area (Å²) in [6.07, 6.45) is 0. The molecule has 0 saturated heterocycles. The maximum atomic E-state index is 13.4. The molecule has 0 aromatic heterocycles. The summed E-state index contributed by atoms with van der Waals surface area (Å²) in [4.78, 5) is 10.0. The van der Waals surface area contributed by atoms with Crippen LogP contribution in [0, 0.1) is 15.9 Å². The Bertz CT molecular complexity index is 1170. The van der Waals surface area contributed by atoms with E-state index in [-0.39, 0.29) is 22.8 Å². The average molecular weight is 436 g/mol. The lowest BCUT2D eigenvalue weighted by atomic mass is 10.2. The molecule has 10 heteroatoms. The zero-order valence-electron chi connectivity index (χ0n) is 14.8. The van der Waals surface area contributed by atoms with Crippen molar-refractivity contribution in [2.45, 2.75) is 11.4 Å².